The summed E-state index contributed by atoms with van der Waals surface area (Å²) < 4.78 is 6.81. The number of halogens is 1. The van der Waals surface area contributed by atoms with Gasteiger partial charge in [-0.3, -0.25) is 0 Å². The van der Waals surface area contributed by atoms with Gasteiger partial charge in [0, 0.05) is 4.47 Å². The Morgan fingerprint density at radius 3 is 2.05 bits per heavy atom. The summed E-state index contributed by atoms with van der Waals surface area (Å²) in [6.45, 7) is 3.11. The number of hydrogen-bond acceptors (Lipinski definition) is 1. The van der Waals surface area contributed by atoms with Crippen LogP contribution in [0.3, 0.4) is 0 Å². The molecule has 0 aromatic heterocycles. The molecular formula is C18H29BrO. The summed E-state index contributed by atoms with van der Waals surface area (Å²) in [7, 11) is 0. The predicted octanol–water partition coefficient (Wildman–Crippen LogP) is 6.75. The molecule has 0 aliphatic rings. The van der Waals surface area contributed by atoms with Gasteiger partial charge < -0.3 is 4.74 Å². The van der Waals surface area contributed by atoms with E-state index in [1.165, 1.54) is 64.2 Å². The molecule has 0 aliphatic carbocycles. The van der Waals surface area contributed by atoms with Crippen molar-refractivity contribution < 1.29 is 4.74 Å². The van der Waals surface area contributed by atoms with Gasteiger partial charge in [0.25, 0.3) is 0 Å². The monoisotopic (exact) mass is 340 g/mol. The van der Waals surface area contributed by atoms with E-state index < -0.39 is 0 Å². The van der Waals surface area contributed by atoms with Crippen molar-refractivity contribution in [3.05, 3.63) is 28.7 Å². The zero-order chi connectivity index (χ0) is 14.5. The maximum Gasteiger partial charge on any atom is 0.120 e. The topological polar surface area (TPSA) is 9.23 Å². The Morgan fingerprint density at radius 2 is 1.45 bits per heavy atom. The molecule has 0 saturated heterocycles. The molecule has 0 amide bonds. The number of rotatable bonds is 12. The van der Waals surface area contributed by atoms with Crippen molar-refractivity contribution in [3.63, 3.8) is 0 Å². The highest BCUT2D eigenvalue weighted by Crippen LogP contribution is 2.18. The minimum Gasteiger partial charge on any atom is -0.494 e. The van der Waals surface area contributed by atoms with E-state index >= 15 is 0 Å². The largest absolute Gasteiger partial charge is 0.494 e. The van der Waals surface area contributed by atoms with E-state index in [2.05, 4.69) is 22.9 Å². The Bertz CT molecular complexity index is 338. The first-order chi connectivity index (χ1) is 9.83. The number of hydrogen-bond donors (Lipinski definition) is 0. The van der Waals surface area contributed by atoms with Crippen LogP contribution in [-0.2, 0) is 0 Å². The minimum absolute atomic E-state index is 0.840. The van der Waals surface area contributed by atoms with Gasteiger partial charge in [-0.05, 0) is 24.6 Å². The Hall–Kier alpha value is -0.500. The number of benzene rings is 1. The average Bonchev–Trinajstić information content (AvgIpc) is 2.45. The van der Waals surface area contributed by atoms with Gasteiger partial charge in [0.1, 0.15) is 5.75 Å². The third kappa shape index (κ3) is 9.41. The van der Waals surface area contributed by atoms with Crippen LogP contribution in [-0.4, -0.2) is 6.61 Å². The third-order valence-electron chi connectivity index (χ3n) is 3.56. The van der Waals surface area contributed by atoms with E-state index in [0.29, 0.717) is 0 Å². The Labute approximate surface area is 133 Å². The molecule has 1 aromatic rings. The average molecular weight is 341 g/mol. The van der Waals surface area contributed by atoms with Crippen molar-refractivity contribution in [1.82, 2.24) is 0 Å². The molecule has 0 radical (unpaired) electrons. The molecule has 114 valence electrons. The first kappa shape index (κ1) is 17.6. The highest BCUT2D eigenvalue weighted by Gasteiger charge is 1.95. The molecule has 0 N–H and O–H groups in total. The lowest BCUT2D eigenvalue weighted by Crippen LogP contribution is -1.97. The summed E-state index contributed by atoms with van der Waals surface area (Å²) in [5, 5.41) is 0. The van der Waals surface area contributed by atoms with Gasteiger partial charge in [-0.15, -0.1) is 0 Å². The van der Waals surface area contributed by atoms with Crippen LogP contribution in [0.15, 0.2) is 28.7 Å². The Kier molecular flexibility index (Phi) is 10.8. The van der Waals surface area contributed by atoms with Crippen LogP contribution >= 0.6 is 15.9 Å². The highest BCUT2D eigenvalue weighted by atomic mass is 79.9. The lowest BCUT2D eigenvalue weighted by Gasteiger charge is -2.06. The molecule has 0 fully saturated rings. The van der Waals surface area contributed by atoms with Gasteiger partial charge in [0.2, 0.25) is 0 Å². The molecule has 0 bridgehead atoms. The summed E-state index contributed by atoms with van der Waals surface area (Å²) in [6.07, 6.45) is 13.7. The van der Waals surface area contributed by atoms with Crippen LogP contribution in [0, 0.1) is 0 Å². The third-order valence-corrected chi connectivity index (χ3v) is 4.06. The van der Waals surface area contributed by atoms with Crippen LogP contribution in [0.5, 0.6) is 5.75 Å². The molecule has 1 nitrogen and oxygen atoms in total. The van der Waals surface area contributed by atoms with Crippen molar-refractivity contribution in [2.24, 2.45) is 0 Å². The van der Waals surface area contributed by atoms with E-state index in [1.807, 2.05) is 24.3 Å². The van der Waals surface area contributed by atoms with E-state index in [4.69, 9.17) is 4.74 Å². The first-order valence-corrected chi connectivity index (χ1v) is 9.00. The molecule has 0 saturated carbocycles. The summed E-state index contributed by atoms with van der Waals surface area (Å²) in [5.74, 6) is 0.968. The maximum atomic E-state index is 5.73. The van der Waals surface area contributed by atoms with E-state index in [9.17, 15) is 0 Å². The number of unbranched alkanes of at least 4 members (excludes halogenated alkanes) is 9. The Morgan fingerprint density at radius 1 is 0.850 bits per heavy atom. The molecular weight excluding hydrogens is 312 g/mol. The SMILES string of the molecule is CCCCCCCCCCCCOc1cccc(Br)c1. The molecule has 20 heavy (non-hydrogen) atoms. The van der Waals surface area contributed by atoms with Crippen molar-refractivity contribution in [2.75, 3.05) is 6.61 Å². The normalized spacial score (nSPS) is 10.7. The summed E-state index contributed by atoms with van der Waals surface area (Å²) in [4.78, 5) is 0. The van der Waals surface area contributed by atoms with Crippen molar-refractivity contribution >= 4 is 15.9 Å². The molecule has 0 atom stereocenters. The van der Waals surface area contributed by atoms with Crippen LogP contribution in [0.1, 0.15) is 71.1 Å². The van der Waals surface area contributed by atoms with E-state index in [-0.39, 0.29) is 0 Å². The van der Waals surface area contributed by atoms with E-state index in [1.54, 1.807) is 0 Å². The quantitative estimate of drug-likeness (QED) is 0.382. The van der Waals surface area contributed by atoms with Gasteiger partial charge in [-0.1, -0.05) is 86.7 Å². The predicted molar refractivity (Wildman–Crippen MR) is 91.5 cm³/mol. The standard InChI is InChI=1S/C18H29BrO/c1-2-3-4-5-6-7-8-9-10-11-15-20-18-14-12-13-17(19)16-18/h12-14,16H,2-11,15H2,1H3. The first-order valence-electron chi connectivity index (χ1n) is 8.21. The minimum atomic E-state index is 0.840. The smallest absolute Gasteiger partial charge is 0.120 e. The van der Waals surface area contributed by atoms with Gasteiger partial charge in [-0.25, -0.2) is 0 Å². The lowest BCUT2D eigenvalue weighted by atomic mass is 10.1. The fourth-order valence-corrected chi connectivity index (χ4v) is 2.71. The molecule has 0 unspecified atom stereocenters. The molecule has 0 spiro atoms. The molecule has 0 heterocycles. The zero-order valence-corrected chi connectivity index (χ0v) is 14.5. The second-order valence-corrected chi connectivity index (χ2v) is 6.40. The Balaban J connectivity index is 1.85. The molecule has 0 aliphatic heterocycles. The van der Waals surface area contributed by atoms with Crippen LogP contribution < -0.4 is 4.74 Å². The summed E-state index contributed by atoms with van der Waals surface area (Å²) in [5.41, 5.74) is 0. The summed E-state index contributed by atoms with van der Waals surface area (Å²) in [6, 6.07) is 8.07. The second kappa shape index (κ2) is 12.3. The molecule has 1 rings (SSSR count). The second-order valence-electron chi connectivity index (χ2n) is 5.49. The number of ether oxygens (including phenoxy) is 1. The van der Waals surface area contributed by atoms with Crippen molar-refractivity contribution in [2.45, 2.75) is 71.1 Å². The lowest BCUT2D eigenvalue weighted by molar-refractivity contribution is 0.304. The molecule has 2 heteroatoms. The van der Waals surface area contributed by atoms with Crippen LogP contribution in [0.25, 0.3) is 0 Å². The van der Waals surface area contributed by atoms with Crippen LogP contribution in [0.4, 0.5) is 0 Å². The van der Waals surface area contributed by atoms with Crippen molar-refractivity contribution in [1.29, 1.82) is 0 Å². The van der Waals surface area contributed by atoms with Crippen LogP contribution in [0.2, 0.25) is 0 Å². The molecule has 1 aromatic carbocycles. The summed E-state index contributed by atoms with van der Waals surface area (Å²) >= 11 is 3.46. The highest BCUT2D eigenvalue weighted by molar-refractivity contribution is 9.10. The van der Waals surface area contributed by atoms with Gasteiger partial charge in [0.15, 0.2) is 0 Å². The zero-order valence-electron chi connectivity index (χ0n) is 12.9. The van der Waals surface area contributed by atoms with Crippen molar-refractivity contribution in [3.8, 4) is 5.75 Å². The van der Waals surface area contributed by atoms with E-state index in [0.717, 1.165) is 16.8 Å². The van der Waals surface area contributed by atoms with Gasteiger partial charge >= 0.3 is 0 Å². The van der Waals surface area contributed by atoms with Gasteiger partial charge in [0.05, 0.1) is 6.61 Å². The maximum absolute atomic E-state index is 5.73. The fraction of sp³-hybridized carbons (Fsp3) is 0.667. The fourth-order valence-electron chi connectivity index (χ4n) is 2.34. The van der Waals surface area contributed by atoms with Gasteiger partial charge in [-0.2, -0.15) is 0 Å².